The molecule has 106 valence electrons. The smallest absolute Gasteiger partial charge is 0.340 e. The number of aryl methyl sites for hydroxylation is 1. The number of nitrogens with two attached hydrogens (primary N) is 1. The quantitative estimate of drug-likeness (QED) is 0.559. The highest BCUT2D eigenvalue weighted by Crippen LogP contribution is 2.23. The fourth-order valence-corrected chi connectivity index (χ4v) is 1.64. The molecule has 1 atom stereocenters. The summed E-state index contributed by atoms with van der Waals surface area (Å²) in [6.07, 6.45) is -0.445. The first-order chi connectivity index (χ1) is 8.86. The lowest BCUT2D eigenvalue weighted by Gasteiger charge is -2.17. The van der Waals surface area contributed by atoms with Gasteiger partial charge in [-0.2, -0.15) is 0 Å². The molecule has 5 nitrogen and oxygen atoms in total. The van der Waals surface area contributed by atoms with Crippen LogP contribution >= 0.6 is 0 Å². The van der Waals surface area contributed by atoms with E-state index in [0.29, 0.717) is 17.8 Å². The summed E-state index contributed by atoms with van der Waals surface area (Å²) in [5.74, 6) is -0.295. The third-order valence-corrected chi connectivity index (χ3v) is 3.08. The van der Waals surface area contributed by atoms with Gasteiger partial charge in [-0.1, -0.05) is 13.8 Å². The zero-order valence-electron chi connectivity index (χ0n) is 11.9. The minimum absolute atomic E-state index is 0.169. The van der Waals surface area contributed by atoms with Crippen LogP contribution in [0.2, 0.25) is 0 Å². The van der Waals surface area contributed by atoms with E-state index in [0.717, 1.165) is 11.3 Å². The maximum Gasteiger partial charge on any atom is 0.340 e. The van der Waals surface area contributed by atoms with E-state index in [1.54, 1.807) is 6.07 Å². The van der Waals surface area contributed by atoms with Crippen LogP contribution in [0.5, 0.6) is 0 Å². The molecule has 1 aromatic carbocycles. The van der Waals surface area contributed by atoms with E-state index in [1.165, 1.54) is 7.11 Å². The predicted octanol–water partition coefficient (Wildman–Crippen LogP) is 1.79. The number of anilines is 2. The fourth-order valence-electron chi connectivity index (χ4n) is 1.64. The van der Waals surface area contributed by atoms with Gasteiger partial charge in [0, 0.05) is 17.9 Å². The van der Waals surface area contributed by atoms with Gasteiger partial charge >= 0.3 is 5.97 Å². The zero-order chi connectivity index (χ0) is 14.6. The molecule has 0 fully saturated rings. The van der Waals surface area contributed by atoms with Crippen LogP contribution in [0.25, 0.3) is 0 Å². The Balaban J connectivity index is 2.91. The van der Waals surface area contributed by atoms with E-state index in [-0.39, 0.29) is 5.92 Å². The van der Waals surface area contributed by atoms with Crippen LogP contribution in [-0.4, -0.2) is 30.8 Å². The Hall–Kier alpha value is -1.75. The van der Waals surface area contributed by atoms with Crippen molar-refractivity contribution in [2.75, 3.05) is 24.7 Å². The standard InChI is InChI=1S/C14H22N2O3/c1-8(2)12(17)7-16-10-5-9(3)13(15)11(6-10)14(18)19-4/h5-6,8,12,16-17H,7,15H2,1-4H3. The summed E-state index contributed by atoms with van der Waals surface area (Å²) in [7, 11) is 1.32. The molecule has 0 saturated carbocycles. The van der Waals surface area contributed by atoms with Gasteiger partial charge in [0.2, 0.25) is 0 Å². The predicted molar refractivity (Wildman–Crippen MR) is 76.3 cm³/mol. The van der Waals surface area contributed by atoms with E-state index in [1.807, 2.05) is 26.8 Å². The third kappa shape index (κ3) is 3.86. The number of rotatable bonds is 5. The third-order valence-electron chi connectivity index (χ3n) is 3.08. The van der Waals surface area contributed by atoms with Crippen molar-refractivity contribution in [2.24, 2.45) is 5.92 Å². The Morgan fingerprint density at radius 3 is 2.63 bits per heavy atom. The first-order valence-electron chi connectivity index (χ1n) is 6.27. The highest BCUT2D eigenvalue weighted by Gasteiger charge is 2.14. The van der Waals surface area contributed by atoms with E-state index in [4.69, 9.17) is 10.5 Å². The summed E-state index contributed by atoms with van der Waals surface area (Å²) in [5, 5.41) is 12.9. The number of aliphatic hydroxyl groups is 1. The van der Waals surface area contributed by atoms with Gasteiger partial charge in [0.05, 0.1) is 18.8 Å². The average molecular weight is 266 g/mol. The molecule has 0 bridgehead atoms. The van der Waals surface area contributed by atoms with Gasteiger partial charge in [0.1, 0.15) is 0 Å². The number of hydrogen-bond donors (Lipinski definition) is 3. The zero-order valence-corrected chi connectivity index (χ0v) is 11.9. The molecule has 0 aliphatic heterocycles. The molecule has 0 amide bonds. The summed E-state index contributed by atoms with van der Waals surface area (Å²) in [6.45, 7) is 6.13. The number of methoxy groups -OCH3 is 1. The van der Waals surface area contributed by atoms with Crippen LogP contribution in [0, 0.1) is 12.8 Å². The van der Waals surface area contributed by atoms with Crippen LogP contribution in [0.3, 0.4) is 0 Å². The van der Waals surface area contributed by atoms with E-state index in [2.05, 4.69) is 5.32 Å². The lowest BCUT2D eigenvalue weighted by molar-refractivity contribution is 0.0602. The fraction of sp³-hybridized carbons (Fsp3) is 0.500. The molecular weight excluding hydrogens is 244 g/mol. The average Bonchev–Trinajstić information content (AvgIpc) is 2.38. The maximum atomic E-state index is 11.6. The molecule has 1 unspecified atom stereocenters. The number of carbonyl (C=O) groups is 1. The molecule has 0 aliphatic carbocycles. The second-order valence-corrected chi connectivity index (χ2v) is 4.94. The van der Waals surface area contributed by atoms with Crippen LogP contribution < -0.4 is 11.1 Å². The summed E-state index contributed by atoms with van der Waals surface area (Å²) in [6, 6.07) is 3.48. The molecule has 0 spiro atoms. The van der Waals surface area contributed by atoms with Crippen LogP contribution in [0.1, 0.15) is 29.8 Å². The highest BCUT2D eigenvalue weighted by molar-refractivity contribution is 5.97. The first-order valence-corrected chi connectivity index (χ1v) is 6.27. The Bertz CT molecular complexity index is 458. The second-order valence-electron chi connectivity index (χ2n) is 4.94. The Kier molecular flexibility index (Phi) is 5.18. The number of nitrogen functional groups attached to an aromatic ring is 1. The maximum absolute atomic E-state index is 11.6. The lowest BCUT2D eigenvalue weighted by atomic mass is 10.1. The van der Waals surface area contributed by atoms with Crippen LogP contribution in [0.15, 0.2) is 12.1 Å². The summed E-state index contributed by atoms with van der Waals surface area (Å²) in [4.78, 5) is 11.6. The Morgan fingerprint density at radius 2 is 2.11 bits per heavy atom. The van der Waals surface area contributed by atoms with Crippen molar-refractivity contribution in [1.29, 1.82) is 0 Å². The summed E-state index contributed by atoms with van der Waals surface area (Å²) < 4.78 is 4.69. The monoisotopic (exact) mass is 266 g/mol. The van der Waals surface area contributed by atoms with Crippen molar-refractivity contribution in [3.8, 4) is 0 Å². The minimum atomic E-state index is -0.464. The molecule has 0 aliphatic rings. The number of hydrogen-bond acceptors (Lipinski definition) is 5. The van der Waals surface area contributed by atoms with Crippen molar-refractivity contribution in [1.82, 2.24) is 0 Å². The number of aliphatic hydroxyl groups excluding tert-OH is 1. The number of carbonyl (C=O) groups excluding carboxylic acids is 1. The molecule has 1 rings (SSSR count). The largest absolute Gasteiger partial charge is 0.465 e. The number of nitrogens with one attached hydrogen (secondary N) is 1. The van der Waals surface area contributed by atoms with Crippen molar-refractivity contribution in [2.45, 2.75) is 26.9 Å². The van der Waals surface area contributed by atoms with Gasteiger partial charge in [-0.05, 0) is 30.5 Å². The van der Waals surface area contributed by atoms with Gasteiger partial charge in [0.15, 0.2) is 0 Å². The SMILES string of the molecule is COC(=O)c1cc(NCC(O)C(C)C)cc(C)c1N. The highest BCUT2D eigenvalue weighted by atomic mass is 16.5. The molecule has 1 aromatic rings. The van der Waals surface area contributed by atoms with Crippen molar-refractivity contribution < 1.29 is 14.6 Å². The Labute approximate surface area is 113 Å². The van der Waals surface area contributed by atoms with Crippen LogP contribution in [-0.2, 0) is 4.74 Å². The number of benzene rings is 1. The summed E-state index contributed by atoms with van der Waals surface area (Å²) in [5.41, 5.74) is 8.15. The second kappa shape index (κ2) is 6.43. The first kappa shape index (κ1) is 15.3. The molecule has 19 heavy (non-hydrogen) atoms. The molecule has 0 heterocycles. The molecule has 5 heteroatoms. The topological polar surface area (TPSA) is 84.6 Å². The van der Waals surface area contributed by atoms with E-state index >= 15 is 0 Å². The molecule has 0 saturated heterocycles. The molecular formula is C14H22N2O3. The normalized spacial score (nSPS) is 12.3. The van der Waals surface area contributed by atoms with E-state index in [9.17, 15) is 9.90 Å². The Morgan fingerprint density at radius 1 is 1.47 bits per heavy atom. The molecule has 0 radical (unpaired) electrons. The minimum Gasteiger partial charge on any atom is -0.465 e. The van der Waals surface area contributed by atoms with Gasteiger partial charge in [-0.25, -0.2) is 4.79 Å². The molecule has 0 aromatic heterocycles. The lowest BCUT2D eigenvalue weighted by Crippen LogP contribution is -2.25. The number of ether oxygens (including phenoxy) is 1. The summed E-state index contributed by atoms with van der Waals surface area (Å²) >= 11 is 0. The molecule has 4 N–H and O–H groups in total. The number of esters is 1. The van der Waals surface area contributed by atoms with Crippen molar-refractivity contribution in [3.63, 3.8) is 0 Å². The van der Waals surface area contributed by atoms with Gasteiger partial charge in [-0.15, -0.1) is 0 Å². The van der Waals surface area contributed by atoms with Crippen molar-refractivity contribution >= 4 is 17.3 Å². The van der Waals surface area contributed by atoms with Crippen LogP contribution in [0.4, 0.5) is 11.4 Å². The van der Waals surface area contributed by atoms with Crippen molar-refractivity contribution in [3.05, 3.63) is 23.3 Å². The van der Waals surface area contributed by atoms with Gasteiger partial charge in [-0.3, -0.25) is 0 Å². The van der Waals surface area contributed by atoms with Gasteiger partial charge < -0.3 is 20.9 Å². The van der Waals surface area contributed by atoms with E-state index < -0.39 is 12.1 Å². The van der Waals surface area contributed by atoms with Gasteiger partial charge in [0.25, 0.3) is 0 Å².